The molecule has 0 spiro atoms. The average molecular weight is 347 g/mol. The molecule has 1 aromatic rings. The zero-order valence-corrected chi connectivity index (χ0v) is 14.7. The van der Waals surface area contributed by atoms with Crippen molar-refractivity contribution >= 4 is 23.4 Å². The second kappa shape index (κ2) is 10.2. The minimum absolute atomic E-state index is 0.158. The molecule has 0 heterocycles. The Morgan fingerprint density at radius 2 is 1.96 bits per heavy atom. The number of benzene rings is 1. The molecular weight excluding hydrogens is 322 g/mol. The van der Waals surface area contributed by atoms with E-state index in [-0.39, 0.29) is 18.2 Å². The van der Waals surface area contributed by atoms with Gasteiger partial charge < -0.3 is 20.7 Å². The van der Waals surface area contributed by atoms with Crippen molar-refractivity contribution in [2.75, 3.05) is 25.0 Å². The summed E-state index contributed by atoms with van der Waals surface area (Å²) in [5.41, 5.74) is 6.10. The maximum atomic E-state index is 12.2. The lowest BCUT2D eigenvalue weighted by atomic mass is 10.2. The minimum Gasteiger partial charge on any atom is -0.366 e. The van der Waals surface area contributed by atoms with E-state index < -0.39 is 12.0 Å². The summed E-state index contributed by atoms with van der Waals surface area (Å²) in [6.07, 6.45) is 1.16. The number of anilines is 1. The molecule has 3 amide bonds. The molecule has 7 nitrogen and oxygen atoms in total. The molecule has 0 aliphatic rings. The van der Waals surface area contributed by atoms with Gasteiger partial charge in [0.2, 0.25) is 11.8 Å². The van der Waals surface area contributed by atoms with E-state index in [0.29, 0.717) is 30.9 Å². The number of hydrogen-bond acceptors (Lipinski definition) is 4. The Balaban J connectivity index is 2.51. The van der Waals surface area contributed by atoms with Gasteiger partial charge in [-0.1, -0.05) is 6.08 Å². The van der Waals surface area contributed by atoms with Gasteiger partial charge in [-0.2, -0.15) is 0 Å². The molecule has 0 saturated heterocycles. The van der Waals surface area contributed by atoms with Crippen LogP contribution in [0.25, 0.3) is 0 Å². The molecule has 7 heteroatoms. The van der Waals surface area contributed by atoms with Gasteiger partial charge in [-0.3, -0.25) is 14.4 Å². The summed E-state index contributed by atoms with van der Waals surface area (Å²) in [6, 6.07) is 6.29. The lowest BCUT2D eigenvalue weighted by molar-refractivity contribution is -0.142. The topological polar surface area (TPSA) is 102 Å². The fourth-order valence-corrected chi connectivity index (χ4v) is 2.14. The van der Waals surface area contributed by atoms with Gasteiger partial charge in [-0.15, -0.1) is 6.58 Å². The monoisotopic (exact) mass is 347 g/mol. The molecular formula is C18H25N3O4. The lowest BCUT2D eigenvalue weighted by Gasteiger charge is -2.24. The zero-order chi connectivity index (χ0) is 18.8. The van der Waals surface area contributed by atoms with Crippen LogP contribution in [0.2, 0.25) is 0 Å². The highest BCUT2D eigenvalue weighted by atomic mass is 16.5. The first-order valence-electron chi connectivity index (χ1n) is 8.10. The van der Waals surface area contributed by atoms with Crippen LogP contribution in [0.3, 0.4) is 0 Å². The molecule has 0 aromatic heterocycles. The van der Waals surface area contributed by atoms with Crippen LogP contribution in [0.15, 0.2) is 36.9 Å². The van der Waals surface area contributed by atoms with Crippen LogP contribution < -0.4 is 11.1 Å². The van der Waals surface area contributed by atoms with Crippen molar-refractivity contribution in [2.45, 2.75) is 26.4 Å². The maximum absolute atomic E-state index is 12.2. The molecule has 1 rings (SSSR count). The SMILES string of the molecule is C=CCO[C@H](C)C(=O)N(CC)CCC(=O)Nc1ccc(C(N)=O)cc1. The van der Waals surface area contributed by atoms with E-state index in [2.05, 4.69) is 11.9 Å². The molecule has 136 valence electrons. The van der Waals surface area contributed by atoms with E-state index in [4.69, 9.17) is 10.5 Å². The lowest BCUT2D eigenvalue weighted by Crippen LogP contribution is -2.40. The second-order valence-corrected chi connectivity index (χ2v) is 5.42. The summed E-state index contributed by atoms with van der Waals surface area (Å²) < 4.78 is 5.32. The van der Waals surface area contributed by atoms with Crippen molar-refractivity contribution in [1.82, 2.24) is 4.90 Å². The Bertz CT molecular complexity index is 613. The number of primary amides is 1. The van der Waals surface area contributed by atoms with Crippen molar-refractivity contribution in [3.05, 3.63) is 42.5 Å². The van der Waals surface area contributed by atoms with Crippen LogP contribution >= 0.6 is 0 Å². The zero-order valence-electron chi connectivity index (χ0n) is 14.7. The van der Waals surface area contributed by atoms with Crippen molar-refractivity contribution < 1.29 is 19.1 Å². The number of rotatable bonds is 10. The van der Waals surface area contributed by atoms with E-state index >= 15 is 0 Å². The summed E-state index contributed by atoms with van der Waals surface area (Å²) in [4.78, 5) is 36.9. The Morgan fingerprint density at radius 3 is 2.48 bits per heavy atom. The summed E-state index contributed by atoms with van der Waals surface area (Å²) in [5.74, 6) is -0.913. The first kappa shape index (κ1) is 20.4. The van der Waals surface area contributed by atoms with Crippen LogP contribution in [0.5, 0.6) is 0 Å². The van der Waals surface area contributed by atoms with Gasteiger partial charge in [0.1, 0.15) is 6.10 Å². The summed E-state index contributed by atoms with van der Waals surface area (Å²) in [7, 11) is 0. The number of ether oxygens (including phenoxy) is 1. The smallest absolute Gasteiger partial charge is 0.251 e. The second-order valence-electron chi connectivity index (χ2n) is 5.42. The van der Waals surface area contributed by atoms with Gasteiger partial charge in [0, 0.05) is 30.8 Å². The average Bonchev–Trinajstić information content (AvgIpc) is 2.60. The highest BCUT2D eigenvalue weighted by Crippen LogP contribution is 2.10. The van der Waals surface area contributed by atoms with Crippen molar-refractivity contribution in [2.24, 2.45) is 5.73 Å². The molecule has 0 fully saturated rings. The van der Waals surface area contributed by atoms with Crippen molar-refractivity contribution in [3.8, 4) is 0 Å². The third kappa shape index (κ3) is 6.76. The highest BCUT2D eigenvalue weighted by molar-refractivity contribution is 5.95. The first-order chi connectivity index (χ1) is 11.9. The first-order valence-corrected chi connectivity index (χ1v) is 8.10. The van der Waals surface area contributed by atoms with Crippen LogP contribution in [-0.2, 0) is 14.3 Å². The highest BCUT2D eigenvalue weighted by Gasteiger charge is 2.20. The molecule has 1 atom stereocenters. The Hall–Kier alpha value is -2.67. The van der Waals surface area contributed by atoms with Crippen LogP contribution in [0.4, 0.5) is 5.69 Å². The van der Waals surface area contributed by atoms with E-state index in [9.17, 15) is 14.4 Å². The fraction of sp³-hybridized carbons (Fsp3) is 0.389. The third-order valence-electron chi connectivity index (χ3n) is 3.57. The van der Waals surface area contributed by atoms with Gasteiger partial charge >= 0.3 is 0 Å². The van der Waals surface area contributed by atoms with Gasteiger partial charge in [0.15, 0.2) is 0 Å². The van der Waals surface area contributed by atoms with Crippen LogP contribution in [0, 0.1) is 0 Å². The number of carbonyl (C=O) groups excluding carboxylic acids is 3. The Labute approximate surface area is 147 Å². The number of nitrogens with one attached hydrogen (secondary N) is 1. The molecule has 0 radical (unpaired) electrons. The summed E-state index contributed by atoms with van der Waals surface area (Å²) >= 11 is 0. The number of nitrogens with zero attached hydrogens (tertiary/aromatic N) is 1. The van der Waals surface area contributed by atoms with Crippen LogP contribution in [-0.4, -0.2) is 48.4 Å². The van der Waals surface area contributed by atoms with E-state index in [1.54, 1.807) is 42.2 Å². The Kier molecular flexibility index (Phi) is 8.35. The molecule has 0 bridgehead atoms. The standard InChI is InChI=1S/C18H25N3O4/c1-4-12-25-13(3)18(24)21(5-2)11-10-16(22)20-15-8-6-14(7-9-15)17(19)23/h4,6-9,13H,1,5,10-12H2,2-3H3,(H2,19,23)(H,20,22)/t13-/m1/s1. The number of nitrogens with two attached hydrogens (primary N) is 1. The van der Waals surface area contributed by atoms with Gasteiger partial charge in [0.05, 0.1) is 6.61 Å². The van der Waals surface area contributed by atoms with Crippen molar-refractivity contribution in [3.63, 3.8) is 0 Å². The van der Waals surface area contributed by atoms with E-state index in [1.807, 2.05) is 6.92 Å². The predicted molar refractivity (Wildman–Crippen MR) is 96.1 cm³/mol. The summed E-state index contributed by atoms with van der Waals surface area (Å²) in [5, 5.41) is 2.72. The molecule has 0 unspecified atom stereocenters. The minimum atomic E-state index is -0.581. The molecule has 0 aliphatic heterocycles. The molecule has 3 N–H and O–H groups in total. The number of amides is 3. The van der Waals surface area contributed by atoms with E-state index in [0.717, 1.165) is 0 Å². The number of likely N-dealkylation sites (N-methyl/N-ethyl adjacent to an activating group) is 1. The Morgan fingerprint density at radius 1 is 1.32 bits per heavy atom. The maximum Gasteiger partial charge on any atom is 0.251 e. The van der Waals surface area contributed by atoms with Gasteiger partial charge in [-0.05, 0) is 38.1 Å². The number of hydrogen-bond donors (Lipinski definition) is 2. The quantitative estimate of drug-likeness (QED) is 0.627. The van der Waals surface area contributed by atoms with Crippen molar-refractivity contribution in [1.29, 1.82) is 0 Å². The molecule has 0 saturated carbocycles. The molecule has 25 heavy (non-hydrogen) atoms. The van der Waals surface area contributed by atoms with Gasteiger partial charge in [0.25, 0.3) is 5.91 Å². The van der Waals surface area contributed by atoms with Crippen LogP contribution in [0.1, 0.15) is 30.6 Å². The number of carbonyl (C=O) groups is 3. The normalized spacial score (nSPS) is 11.4. The molecule has 1 aromatic carbocycles. The fourth-order valence-electron chi connectivity index (χ4n) is 2.14. The molecule has 0 aliphatic carbocycles. The third-order valence-corrected chi connectivity index (χ3v) is 3.57. The van der Waals surface area contributed by atoms with Gasteiger partial charge in [-0.25, -0.2) is 0 Å². The van der Waals surface area contributed by atoms with E-state index in [1.165, 1.54) is 0 Å². The predicted octanol–water partition coefficient (Wildman–Crippen LogP) is 1.55. The largest absolute Gasteiger partial charge is 0.366 e. The summed E-state index contributed by atoms with van der Waals surface area (Å²) in [6.45, 7) is 8.14.